The van der Waals surface area contributed by atoms with Crippen molar-refractivity contribution in [3.8, 4) is 0 Å². The molecule has 0 unspecified atom stereocenters. The molecular formula is C13H17ClN2O3. The number of aromatic nitrogens is 2. The zero-order chi connectivity index (χ0) is 13.8. The number of rotatable bonds is 5. The summed E-state index contributed by atoms with van der Waals surface area (Å²) in [5.74, 6) is -0.0765. The van der Waals surface area contributed by atoms with Crippen LogP contribution in [0.5, 0.6) is 0 Å². The third kappa shape index (κ3) is 2.97. The quantitative estimate of drug-likeness (QED) is 0.616. The van der Waals surface area contributed by atoms with Gasteiger partial charge in [0.2, 0.25) is 5.28 Å². The van der Waals surface area contributed by atoms with Crippen molar-refractivity contribution in [3.05, 3.63) is 16.7 Å². The maximum Gasteiger partial charge on any atom is 0.357 e. The molecule has 0 N–H and O–H groups in total. The second-order valence-electron chi connectivity index (χ2n) is 4.73. The number of nitrogens with zero attached hydrogens (tertiary/aromatic N) is 2. The molecule has 1 heterocycles. The lowest BCUT2D eigenvalue weighted by Crippen LogP contribution is -2.17. The number of halogens is 1. The monoisotopic (exact) mass is 284 g/mol. The summed E-state index contributed by atoms with van der Waals surface area (Å²) in [4.78, 5) is 26.9. The van der Waals surface area contributed by atoms with E-state index in [0.29, 0.717) is 25.4 Å². The van der Waals surface area contributed by atoms with Crippen LogP contribution in [-0.2, 0) is 11.3 Å². The van der Waals surface area contributed by atoms with Crippen molar-refractivity contribution in [2.75, 3.05) is 6.61 Å². The van der Waals surface area contributed by atoms with Gasteiger partial charge in [-0.25, -0.2) is 9.78 Å². The lowest BCUT2D eigenvalue weighted by Gasteiger charge is -2.11. The van der Waals surface area contributed by atoms with E-state index in [-0.39, 0.29) is 16.7 Å². The summed E-state index contributed by atoms with van der Waals surface area (Å²) in [6.07, 6.45) is 5.12. The normalized spacial score (nSPS) is 15.7. The summed E-state index contributed by atoms with van der Waals surface area (Å²) in [6.45, 7) is 2.70. The Balaban J connectivity index is 2.10. The fourth-order valence-electron chi connectivity index (χ4n) is 2.47. The van der Waals surface area contributed by atoms with Crippen LogP contribution in [0.4, 0.5) is 0 Å². The Morgan fingerprint density at radius 3 is 2.79 bits per heavy atom. The molecule has 1 aromatic heterocycles. The Bertz CT molecular complexity index is 478. The van der Waals surface area contributed by atoms with Crippen molar-refractivity contribution < 1.29 is 14.3 Å². The van der Waals surface area contributed by atoms with E-state index in [1.54, 1.807) is 0 Å². The van der Waals surface area contributed by atoms with Crippen LogP contribution in [0.25, 0.3) is 0 Å². The van der Waals surface area contributed by atoms with E-state index in [2.05, 4.69) is 4.98 Å². The molecule has 104 valence electrons. The van der Waals surface area contributed by atoms with Gasteiger partial charge in [-0.3, -0.25) is 4.79 Å². The molecule has 0 aromatic carbocycles. The highest BCUT2D eigenvalue weighted by molar-refractivity contribution is 6.29. The van der Waals surface area contributed by atoms with Crippen molar-refractivity contribution in [2.24, 2.45) is 5.92 Å². The van der Waals surface area contributed by atoms with Crippen LogP contribution in [-0.4, -0.2) is 28.4 Å². The smallest absolute Gasteiger partial charge is 0.357 e. The van der Waals surface area contributed by atoms with Crippen LogP contribution in [0.3, 0.4) is 0 Å². The van der Waals surface area contributed by atoms with Gasteiger partial charge in [-0.05, 0) is 37.3 Å². The van der Waals surface area contributed by atoms with E-state index >= 15 is 0 Å². The number of hydrogen-bond acceptors (Lipinski definition) is 4. The first kappa shape index (κ1) is 14.1. The van der Waals surface area contributed by atoms with E-state index in [4.69, 9.17) is 16.3 Å². The zero-order valence-electron chi connectivity index (χ0n) is 10.9. The van der Waals surface area contributed by atoms with Crippen molar-refractivity contribution in [2.45, 2.75) is 39.2 Å². The highest BCUT2D eigenvalue weighted by atomic mass is 35.5. The topological polar surface area (TPSA) is 61.2 Å². The van der Waals surface area contributed by atoms with Crippen molar-refractivity contribution in [1.29, 1.82) is 0 Å². The van der Waals surface area contributed by atoms with E-state index in [0.717, 1.165) is 12.8 Å². The predicted octanol–water partition coefficient (Wildman–Crippen LogP) is 2.72. The Hall–Kier alpha value is -1.36. The first-order valence-electron chi connectivity index (χ1n) is 6.55. The number of hydrogen-bond donors (Lipinski definition) is 0. The molecule has 0 atom stereocenters. The van der Waals surface area contributed by atoms with Crippen molar-refractivity contribution >= 4 is 23.9 Å². The largest absolute Gasteiger partial charge is 0.461 e. The molecule has 6 heteroatoms. The molecule has 1 aliphatic carbocycles. The first-order chi connectivity index (χ1) is 9.17. The van der Waals surface area contributed by atoms with E-state index in [1.165, 1.54) is 17.4 Å². The minimum atomic E-state index is -0.518. The number of carbonyl (C=O) groups is 2. The van der Waals surface area contributed by atoms with Crippen LogP contribution < -0.4 is 0 Å². The molecule has 0 aliphatic heterocycles. The lowest BCUT2D eigenvalue weighted by atomic mass is 10.1. The zero-order valence-corrected chi connectivity index (χ0v) is 11.7. The van der Waals surface area contributed by atoms with Gasteiger partial charge in [-0.15, -0.1) is 0 Å². The van der Waals surface area contributed by atoms with Crippen LogP contribution in [0, 0.1) is 5.92 Å². The van der Waals surface area contributed by atoms with Gasteiger partial charge in [-0.2, -0.15) is 0 Å². The van der Waals surface area contributed by atoms with Crippen molar-refractivity contribution in [1.82, 2.24) is 9.55 Å². The predicted molar refractivity (Wildman–Crippen MR) is 70.5 cm³/mol. The van der Waals surface area contributed by atoms with Crippen molar-refractivity contribution in [3.63, 3.8) is 0 Å². The molecular weight excluding hydrogens is 268 g/mol. The van der Waals surface area contributed by atoms with Gasteiger partial charge in [0.15, 0.2) is 12.0 Å². The SMILES string of the molecule is CCn1c(Cl)nc(C=O)c1C(=O)OCC1CCCC1. The fraction of sp³-hybridized carbons (Fsp3) is 0.615. The molecule has 1 saturated carbocycles. The van der Waals surface area contributed by atoms with Gasteiger partial charge in [0.1, 0.15) is 5.69 Å². The molecule has 1 fully saturated rings. The molecule has 0 bridgehead atoms. The van der Waals surface area contributed by atoms with Gasteiger partial charge in [-0.1, -0.05) is 12.8 Å². The molecule has 0 spiro atoms. The summed E-state index contributed by atoms with van der Waals surface area (Å²) >= 11 is 5.89. The Labute approximate surface area is 116 Å². The van der Waals surface area contributed by atoms with Gasteiger partial charge in [0, 0.05) is 6.54 Å². The number of carbonyl (C=O) groups excluding carboxylic acids is 2. The van der Waals surface area contributed by atoms with Gasteiger partial charge < -0.3 is 9.30 Å². The van der Waals surface area contributed by atoms with Crippen LogP contribution in [0.15, 0.2) is 0 Å². The molecule has 0 amide bonds. The van der Waals surface area contributed by atoms with Crippen LogP contribution in [0.1, 0.15) is 53.6 Å². The Kier molecular flexibility index (Phi) is 4.58. The van der Waals surface area contributed by atoms with Gasteiger partial charge in [0.25, 0.3) is 0 Å². The standard InChI is InChI=1S/C13H17ClN2O3/c1-2-16-11(10(7-17)15-13(16)14)12(18)19-8-9-5-3-4-6-9/h7,9H,2-6,8H2,1H3. The lowest BCUT2D eigenvalue weighted by molar-refractivity contribution is 0.0428. The van der Waals surface area contributed by atoms with Gasteiger partial charge >= 0.3 is 5.97 Å². The van der Waals surface area contributed by atoms with Gasteiger partial charge in [0.05, 0.1) is 6.61 Å². The molecule has 19 heavy (non-hydrogen) atoms. The third-order valence-corrected chi connectivity index (χ3v) is 3.78. The van der Waals surface area contributed by atoms with E-state index in [9.17, 15) is 9.59 Å². The fourth-order valence-corrected chi connectivity index (χ4v) is 2.76. The number of imidazole rings is 1. The summed E-state index contributed by atoms with van der Waals surface area (Å²) in [7, 11) is 0. The number of esters is 1. The molecule has 5 nitrogen and oxygen atoms in total. The number of aldehydes is 1. The summed E-state index contributed by atoms with van der Waals surface area (Å²) in [6, 6.07) is 0. The summed E-state index contributed by atoms with van der Waals surface area (Å²) < 4.78 is 6.78. The van der Waals surface area contributed by atoms with Crippen LogP contribution in [0.2, 0.25) is 5.28 Å². The maximum atomic E-state index is 12.1. The summed E-state index contributed by atoms with van der Waals surface area (Å²) in [5.41, 5.74) is 0.198. The summed E-state index contributed by atoms with van der Waals surface area (Å²) in [5, 5.41) is 0.136. The van der Waals surface area contributed by atoms with E-state index in [1.807, 2.05) is 6.92 Å². The minimum absolute atomic E-state index is 0.0447. The minimum Gasteiger partial charge on any atom is -0.461 e. The third-order valence-electron chi connectivity index (χ3n) is 3.49. The van der Waals surface area contributed by atoms with Crippen LogP contribution >= 0.6 is 11.6 Å². The molecule has 1 aliphatic rings. The Morgan fingerprint density at radius 2 is 2.21 bits per heavy atom. The highest BCUT2D eigenvalue weighted by Crippen LogP contribution is 2.25. The highest BCUT2D eigenvalue weighted by Gasteiger charge is 2.24. The second kappa shape index (κ2) is 6.19. The molecule has 0 saturated heterocycles. The average molecular weight is 285 g/mol. The average Bonchev–Trinajstić information content (AvgIpc) is 3.02. The van der Waals surface area contributed by atoms with E-state index < -0.39 is 5.97 Å². The second-order valence-corrected chi connectivity index (χ2v) is 5.06. The Morgan fingerprint density at radius 1 is 1.53 bits per heavy atom. The molecule has 1 aromatic rings. The first-order valence-corrected chi connectivity index (χ1v) is 6.93. The molecule has 0 radical (unpaired) electrons. The molecule has 2 rings (SSSR count). The maximum absolute atomic E-state index is 12.1. The number of ether oxygens (including phenoxy) is 1.